The van der Waals surface area contributed by atoms with E-state index in [4.69, 9.17) is 4.42 Å². The van der Waals surface area contributed by atoms with Crippen molar-refractivity contribution in [3.63, 3.8) is 0 Å². The molecule has 5 nitrogen and oxygen atoms in total. The average Bonchev–Trinajstić information content (AvgIpc) is 2.87. The van der Waals surface area contributed by atoms with Crippen LogP contribution in [-0.2, 0) is 13.0 Å². The molecule has 3 rings (SSSR count). The van der Waals surface area contributed by atoms with Crippen LogP contribution in [-0.4, -0.2) is 23.0 Å². The zero-order valence-electron chi connectivity index (χ0n) is 14.8. The van der Waals surface area contributed by atoms with E-state index in [9.17, 15) is 4.79 Å². The third kappa shape index (κ3) is 3.61. The maximum atomic E-state index is 12.6. The number of carbonyl (C=O) groups excluding carboxylic acids is 1. The van der Waals surface area contributed by atoms with E-state index >= 15 is 0 Å². The fourth-order valence-corrected chi connectivity index (χ4v) is 3.38. The Bertz CT molecular complexity index is 721. The lowest BCUT2D eigenvalue weighted by molar-refractivity contribution is 0.188. The van der Waals surface area contributed by atoms with E-state index in [1.165, 1.54) is 0 Å². The van der Waals surface area contributed by atoms with Crippen LogP contribution in [0.25, 0.3) is 0 Å². The number of pyridine rings is 1. The van der Waals surface area contributed by atoms with Crippen molar-refractivity contribution in [2.45, 2.75) is 46.2 Å². The molecule has 2 aromatic heterocycles. The van der Waals surface area contributed by atoms with E-state index in [-0.39, 0.29) is 17.5 Å². The second-order valence-electron chi connectivity index (χ2n) is 7.46. The average molecular weight is 327 g/mol. The molecule has 0 saturated heterocycles. The molecule has 0 spiro atoms. The van der Waals surface area contributed by atoms with Gasteiger partial charge < -0.3 is 14.6 Å². The van der Waals surface area contributed by atoms with Crippen LogP contribution >= 0.6 is 0 Å². The molecule has 1 aliphatic rings. The van der Waals surface area contributed by atoms with Crippen molar-refractivity contribution in [3.05, 3.63) is 53.2 Å². The minimum absolute atomic E-state index is 0.0140. The summed E-state index contributed by atoms with van der Waals surface area (Å²) in [5, 5.41) is 3.16. The number of hydrogen-bond donors (Lipinski definition) is 1. The van der Waals surface area contributed by atoms with Crippen LogP contribution in [0.4, 0.5) is 4.79 Å². The number of rotatable bonds is 3. The highest BCUT2D eigenvalue weighted by Gasteiger charge is 2.35. The molecule has 2 amide bonds. The number of carbonyl (C=O) groups is 1. The zero-order chi connectivity index (χ0) is 17.3. The molecular weight excluding hydrogens is 302 g/mol. The highest BCUT2D eigenvalue weighted by molar-refractivity contribution is 5.74. The number of aromatic nitrogens is 1. The monoisotopic (exact) mass is 327 g/mol. The minimum atomic E-state index is -0.0897. The van der Waals surface area contributed by atoms with Crippen LogP contribution in [0.15, 0.2) is 34.9 Å². The fraction of sp³-hybridized carbons (Fsp3) is 0.474. The molecule has 0 radical (unpaired) electrons. The Hall–Kier alpha value is -2.30. The lowest BCUT2D eigenvalue weighted by atomic mass is 9.75. The highest BCUT2D eigenvalue weighted by Crippen LogP contribution is 2.42. The predicted octanol–water partition coefficient (Wildman–Crippen LogP) is 3.84. The van der Waals surface area contributed by atoms with Gasteiger partial charge in [0.05, 0.1) is 18.3 Å². The van der Waals surface area contributed by atoms with Crippen LogP contribution in [0.2, 0.25) is 0 Å². The number of fused-ring (bicyclic) bond motifs is 1. The van der Waals surface area contributed by atoms with E-state index in [0.29, 0.717) is 6.54 Å². The Morgan fingerprint density at radius 3 is 2.96 bits per heavy atom. The maximum absolute atomic E-state index is 12.6. The second-order valence-corrected chi connectivity index (χ2v) is 7.46. The van der Waals surface area contributed by atoms with Crippen molar-refractivity contribution in [2.24, 2.45) is 5.41 Å². The van der Waals surface area contributed by atoms with E-state index in [1.807, 2.05) is 31.2 Å². The Labute approximate surface area is 143 Å². The number of amides is 2. The predicted molar refractivity (Wildman–Crippen MR) is 92.5 cm³/mol. The second kappa shape index (κ2) is 6.30. The van der Waals surface area contributed by atoms with Crippen LogP contribution in [0.3, 0.4) is 0 Å². The number of nitrogens with zero attached hydrogens (tertiary/aromatic N) is 2. The Morgan fingerprint density at radius 2 is 2.25 bits per heavy atom. The number of nitrogens with one attached hydrogen (secondary N) is 1. The van der Waals surface area contributed by atoms with E-state index < -0.39 is 0 Å². The van der Waals surface area contributed by atoms with Gasteiger partial charge in [0.1, 0.15) is 11.5 Å². The number of urea groups is 1. The van der Waals surface area contributed by atoms with Crippen LogP contribution in [0, 0.1) is 12.3 Å². The molecule has 2 heterocycles. The minimum Gasteiger partial charge on any atom is -0.466 e. The molecule has 0 bridgehead atoms. The summed E-state index contributed by atoms with van der Waals surface area (Å²) in [6, 6.07) is 7.67. The molecule has 0 aromatic carbocycles. The summed E-state index contributed by atoms with van der Waals surface area (Å²) in [4.78, 5) is 18.5. The van der Waals surface area contributed by atoms with Crippen molar-refractivity contribution in [3.8, 4) is 0 Å². The Morgan fingerprint density at radius 1 is 1.46 bits per heavy atom. The van der Waals surface area contributed by atoms with E-state index in [0.717, 1.165) is 35.6 Å². The maximum Gasteiger partial charge on any atom is 0.317 e. The van der Waals surface area contributed by atoms with Crippen molar-refractivity contribution >= 4 is 6.03 Å². The van der Waals surface area contributed by atoms with Crippen molar-refractivity contribution < 1.29 is 9.21 Å². The highest BCUT2D eigenvalue weighted by atomic mass is 16.3. The van der Waals surface area contributed by atoms with Gasteiger partial charge in [0.2, 0.25) is 0 Å². The fourth-order valence-electron chi connectivity index (χ4n) is 3.38. The largest absolute Gasteiger partial charge is 0.466 e. The van der Waals surface area contributed by atoms with Crippen LogP contribution in [0.5, 0.6) is 0 Å². The third-order valence-electron chi connectivity index (χ3n) is 4.51. The Balaban J connectivity index is 1.71. The normalized spacial score (nSPS) is 18.8. The summed E-state index contributed by atoms with van der Waals surface area (Å²) in [6.07, 6.45) is 3.56. The molecule has 0 saturated carbocycles. The molecule has 1 N–H and O–H groups in total. The zero-order valence-corrected chi connectivity index (χ0v) is 14.8. The van der Waals surface area contributed by atoms with Crippen molar-refractivity contribution in [2.75, 3.05) is 7.05 Å². The topological polar surface area (TPSA) is 58.4 Å². The lowest BCUT2D eigenvalue weighted by Gasteiger charge is -2.35. The van der Waals surface area contributed by atoms with Gasteiger partial charge in [0.25, 0.3) is 0 Å². The van der Waals surface area contributed by atoms with Gasteiger partial charge in [0, 0.05) is 25.2 Å². The SMILES string of the molecule is Cc1cc2c(o1)CC(C)(C)CC2NC(=O)N(C)Cc1ccccn1. The summed E-state index contributed by atoms with van der Waals surface area (Å²) in [7, 11) is 1.79. The molecule has 1 unspecified atom stereocenters. The first-order chi connectivity index (χ1) is 11.3. The molecule has 1 aliphatic carbocycles. The number of hydrogen-bond acceptors (Lipinski definition) is 3. The molecule has 128 valence electrons. The lowest BCUT2D eigenvalue weighted by Crippen LogP contribution is -2.42. The molecule has 0 aliphatic heterocycles. The first kappa shape index (κ1) is 16.6. The first-order valence-electron chi connectivity index (χ1n) is 8.35. The van der Waals surface area contributed by atoms with E-state index in [1.54, 1.807) is 18.1 Å². The van der Waals surface area contributed by atoms with Crippen molar-refractivity contribution in [1.82, 2.24) is 15.2 Å². The smallest absolute Gasteiger partial charge is 0.317 e. The first-order valence-corrected chi connectivity index (χ1v) is 8.35. The van der Waals surface area contributed by atoms with Gasteiger partial charge in [0.15, 0.2) is 0 Å². The van der Waals surface area contributed by atoms with Gasteiger partial charge in [-0.2, -0.15) is 0 Å². The van der Waals surface area contributed by atoms with Gasteiger partial charge in [-0.1, -0.05) is 19.9 Å². The van der Waals surface area contributed by atoms with Gasteiger partial charge >= 0.3 is 6.03 Å². The molecular formula is C19H25N3O2. The Kier molecular flexibility index (Phi) is 4.35. The molecule has 24 heavy (non-hydrogen) atoms. The summed E-state index contributed by atoms with van der Waals surface area (Å²) in [6.45, 7) is 6.87. The number of aryl methyl sites for hydroxylation is 1. The van der Waals surface area contributed by atoms with Crippen LogP contribution < -0.4 is 5.32 Å². The quantitative estimate of drug-likeness (QED) is 0.932. The van der Waals surface area contributed by atoms with E-state index in [2.05, 4.69) is 24.1 Å². The summed E-state index contributed by atoms with van der Waals surface area (Å²) in [5.74, 6) is 1.90. The summed E-state index contributed by atoms with van der Waals surface area (Å²) in [5.41, 5.74) is 2.10. The third-order valence-corrected chi connectivity index (χ3v) is 4.51. The standard InChI is InChI=1S/C19H25N3O2/c1-13-9-15-16(10-19(2,3)11-17(15)24-13)21-18(23)22(4)12-14-7-5-6-8-20-14/h5-9,16H,10-12H2,1-4H3,(H,21,23). The van der Waals surface area contributed by atoms with Gasteiger partial charge in [-0.3, -0.25) is 4.98 Å². The van der Waals surface area contributed by atoms with Gasteiger partial charge in [-0.25, -0.2) is 4.79 Å². The number of furan rings is 1. The summed E-state index contributed by atoms with van der Waals surface area (Å²) < 4.78 is 5.83. The van der Waals surface area contributed by atoms with Gasteiger partial charge in [-0.15, -0.1) is 0 Å². The molecule has 0 fully saturated rings. The van der Waals surface area contributed by atoms with Crippen LogP contribution in [0.1, 0.15) is 49.1 Å². The van der Waals surface area contributed by atoms with Gasteiger partial charge in [-0.05, 0) is 37.0 Å². The molecule has 5 heteroatoms. The summed E-state index contributed by atoms with van der Waals surface area (Å²) >= 11 is 0. The molecule has 1 atom stereocenters. The van der Waals surface area contributed by atoms with Crippen molar-refractivity contribution in [1.29, 1.82) is 0 Å². The molecule has 2 aromatic rings.